The van der Waals surface area contributed by atoms with Gasteiger partial charge in [0.2, 0.25) is 0 Å². The summed E-state index contributed by atoms with van der Waals surface area (Å²) < 4.78 is 57.7. The third-order valence-corrected chi connectivity index (χ3v) is 4.70. The van der Waals surface area contributed by atoms with Crippen molar-refractivity contribution in [2.75, 3.05) is 0 Å². The average molecular weight is 271 g/mol. The molecule has 3 nitrogen and oxygen atoms in total. The zero-order valence-corrected chi connectivity index (χ0v) is 9.49. The molecule has 1 aromatic rings. The molecule has 0 saturated carbocycles. The Labute approximate surface area is 94.1 Å². The van der Waals surface area contributed by atoms with Gasteiger partial charge in [-0.1, -0.05) is 12.1 Å². The van der Waals surface area contributed by atoms with Crippen LogP contribution in [0.3, 0.4) is 0 Å². The molecule has 0 aliphatic rings. The van der Waals surface area contributed by atoms with Crippen molar-refractivity contribution < 1.29 is 21.6 Å². The van der Waals surface area contributed by atoms with Crippen molar-refractivity contribution in [2.24, 2.45) is 5.73 Å². The molecule has 1 aromatic carbocycles. The topological polar surface area (TPSA) is 60.2 Å². The van der Waals surface area contributed by atoms with Crippen molar-refractivity contribution in [1.82, 2.24) is 0 Å². The molecule has 2 N–H and O–H groups in total. The van der Waals surface area contributed by atoms with Gasteiger partial charge in [0.05, 0.1) is 0 Å². The Hall–Kier alpha value is -0.730. The van der Waals surface area contributed by atoms with Crippen molar-refractivity contribution >= 4 is 19.7 Å². The predicted octanol–water partition coefficient (Wildman–Crippen LogP) is 2.09. The van der Waals surface area contributed by atoms with Crippen LogP contribution in [-0.4, -0.2) is 13.9 Å². The fraction of sp³-hybridized carbons (Fsp3) is 0.250. The zero-order valence-electron chi connectivity index (χ0n) is 7.86. The van der Waals surface area contributed by atoms with E-state index in [-0.39, 0.29) is 22.2 Å². The van der Waals surface area contributed by atoms with Crippen LogP contribution in [0.5, 0.6) is 0 Å². The maximum atomic E-state index is 12.0. The van der Waals surface area contributed by atoms with Gasteiger partial charge in [0.25, 0.3) is 0 Å². The Bertz CT molecular complexity index is 453. The van der Waals surface area contributed by atoms with E-state index in [2.05, 4.69) is 0 Å². The quantitative estimate of drug-likeness (QED) is 0.855. The number of benzene rings is 1. The lowest BCUT2D eigenvalue weighted by Crippen LogP contribution is -2.19. The van der Waals surface area contributed by atoms with Crippen LogP contribution >= 0.6 is 10.8 Å². The molecular formula is C8H8F3NO2S2. The second-order valence-electron chi connectivity index (χ2n) is 2.83. The zero-order chi connectivity index (χ0) is 12.4. The molecule has 0 saturated heterocycles. The molecule has 1 rings (SSSR count). The maximum Gasteiger partial charge on any atom is 0.507 e. The van der Waals surface area contributed by atoms with Crippen LogP contribution in [0.4, 0.5) is 13.2 Å². The van der Waals surface area contributed by atoms with Gasteiger partial charge in [0, 0.05) is 22.2 Å². The highest BCUT2D eigenvalue weighted by Gasteiger charge is 2.46. The van der Waals surface area contributed by atoms with Crippen molar-refractivity contribution in [3.8, 4) is 0 Å². The molecule has 0 aliphatic heterocycles. The Kier molecular flexibility index (Phi) is 3.87. The number of hydrogen-bond acceptors (Lipinski definition) is 4. The van der Waals surface area contributed by atoms with E-state index >= 15 is 0 Å². The molecule has 90 valence electrons. The largest absolute Gasteiger partial charge is 0.507 e. The molecule has 0 amide bonds. The van der Waals surface area contributed by atoms with Crippen molar-refractivity contribution in [3.05, 3.63) is 29.8 Å². The Balaban J connectivity index is 2.89. The van der Waals surface area contributed by atoms with E-state index in [1.54, 1.807) is 0 Å². The molecule has 0 fully saturated rings. The van der Waals surface area contributed by atoms with Crippen molar-refractivity contribution in [1.29, 1.82) is 0 Å². The van der Waals surface area contributed by atoms with Gasteiger partial charge in [-0.25, -0.2) is 8.42 Å². The predicted molar refractivity (Wildman–Crippen MR) is 55.2 cm³/mol. The van der Waals surface area contributed by atoms with Crippen LogP contribution in [-0.2, 0) is 15.4 Å². The summed E-state index contributed by atoms with van der Waals surface area (Å²) in [4.78, 5) is 0.00882. The lowest BCUT2D eigenvalue weighted by molar-refractivity contribution is -0.0410. The van der Waals surface area contributed by atoms with Gasteiger partial charge in [0.1, 0.15) is 0 Å². The molecule has 8 heteroatoms. The number of halogens is 3. The summed E-state index contributed by atoms with van der Waals surface area (Å²) in [6.45, 7) is 0.247. The minimum absolute atomic E-state index is 0.00882. The number of hydrogen-bond donors (Lipinski definition) is 1. The second kappa shape index (κ2) is 4.64. The monoisotopic (exact) mass is 271 g/mol. The Morgan fingerprint density at radius 3 is 2.06 bits per heavy atom. The summed E-state index contributed by atoms with van der Waals surface area (Å²) in [5.74, 6) is 0. The van der Waals surface area contributed by atoms with Gasteiger partial charge >= 0.3 is 14.4 Å². The highest BCUT2D eigenvalue weighted by Crippen LogP contribution is 2.37. The van der Waals surface area contributed by atoms with E-state index in [9.17, 15) is 21.6 Å². The van der Waals surface area contributed by atoms with E-state index in [4.69, 9.17) is 5.73 Å². The summed E-state index contributed by atoms with van der Waals surface area (Å²) in [5, 5.41) is 0. The molecule has 0 unspecified atom stereocenters. The first-order chi connectivity index (χ1) is 7.26. The molecule has 0 heterocycles. The van der Waals surface area contributed by atoms with Crippen LogP contribution < -0.4 is 5.73 Å². The molecule has 0 radical (unpaired) electrons. The van der Waals surface area contributed by atoms with Gasteiger partial charge in [-0.15, -0.1) is 0 Å². The van der Waals surface area contributed by atoms with Gasteiger partial charge in [-0.05, 0) is 17.7 Å². The molecular weight excluding hydrogens is 263 g/mol. The Morgan fingerprint density at radius 2 is 1.69 bits per heavy atom. The third-order valence-electron chi connectivity index (χ3n) is 1.65. The second-order valence-corrected chi connectivity index (χ2v) is 6.66. The minimum Gasteiger partial charge on any atom is -0.326 e. The molecule has 0 atom stereocenters. The van der Waals surface area contributed by atoms with Crippen LogP contribution in [0, 0.1) is 0 Å². The fourth-order valence-electron chi connectivity index (χ4n) is 0.855. The van der Waals surface area contributed by atoms with Crippen molar-refractivity contribution in [2.45, 2.75) is 16.9 Å². The summed E-state index contributed by atoms with van der Waals surface area (Å²) in [7, 11) is -5.41. The Morgan fingerprint density at radius 1 is 1.19 bits per heavy atom. The van der Waals surface area contributed by atoms with Crippen LogP contribution in [0.15, 0.2) is 29.2 Å². The fourth-order valence-corrected chi connectivity index (χ4v) is 2.83. The third kappa shape index (κ3) is 3.13. The summed E-state index contributed by atoms with van der Waals surface area (Å²) >= 11 is 0. The van der Waals surface area contributed by atoms with E-state index < -0.39 is 14.4 Å². The summed E-state index contributed by atoms with van der Waals surface area (Å²) in [6.07, 6.45) is 0. The standard InChI is InChI=1S/C8H8F3NO2S2/c9-8(10,11)16(13,14)15-7-3-1-6(5-12)2-4-7/h1-4H,5,12H2. The molecule has 0 bridgehead atoms. The highest BCUT2D eigenvalue weighted by atomic mass is 33.1. The van der Waals surface area contributed by atoms with Crippen molar-refractivity contribution in [3.63, 3.8) is 0 Å². The lowest BCUT2D eigenvalue weighted by Gasteiger charge is -2.07. The molecule has 0 spiro atoms. The first kappa shape index (κ1) is 13.3. The van der Waals surface area contributed by atoms with Crippen LogP contribution in [0.2, 0.25) is 0 Å². The van der Waals surface area contributed by atoms with Gasteiger partial charge in [-0.3, -0.25) is 0 Å². The van der Waals surface area contributed by atoms with Crippen LogP contribution in [0.1, 0.15) is 5.56 Å². The first-order valence-electron chi connectivity index (χ1n) is 4.06. The normalized spacial score (nSPS) is 12.8. The number of alkyl halides is 3. The summed E-state index contributed by atoms with van der Waals surface area (Å²) in [6, 6.07) is 5.54. The van der Waals surface area contributed by atoms with Crippen LogP contribution in [0.25, 0.3) is 0 Å². The van der Waals surface area contributed by atoms with Gasteiger partial charge < -0.3 is 5.73 Å². The highest BCUT2D eigenvalue weighted by molar-refractivity contribution is 8.72. The van der Waals surface area contributed by atoms with Gasteiger partial charge in [-0.2, -0.15) is 13.2 Å². The van der Waals surface area contributed by atoms with E-state index in [1.165, 1.54) is 24.3 Å². The minimum atomic E-state index is -5.25. The number of rotatable bonds is 3. The number of nitrogens with two attached hydrogens (primary N) is 1. The molecule has 0 aromatic heterocycles. The SMILES string of the molecule is NCc1ccc(SS(=O)(=O)C(F)(F)F)cc1. The van der Waals surface area contributed by atoms with E-state index in [1.807, 2.05) is 0 Å². The first-order valence-corrected chi connectivity index (χ1v) is 6.87. The van der Waals surface area contributed by atoms with E-state index in [0.717, 1.165) is 0 Å². The smallest absolute Gasteiger partial charge is 0.326 e. The molecule has 16 heavy (non-hydrogen) atoms. The lowest BCUT2D eigenvalue weighted by atomic mass is 10.2. The summed E-state index contributed by atoms with van der Waals surface area (Å²) in [5.41, 5.74) is 0.762. The van der Waals surface area contributed by atoms with Gasteiger partial charge in [0.15, 0.2) is 0 Å². The van der Waals surface area contributed by atoms with E-state index in [0.29, 0.717) is 5.56 Å². The maximum absolute atomic E-state index is 12.0. The molecule has 0 aliphatic carbocycles. The average Bonchev–Trinajstić information content (AvgIpc) is 2.16.